The molecule has 1 unspecified atom stereocenters. The molecule has 0 bridgehead atoms. The maximum Gasteiger partial charge on any atom is 0.262 e. The van der Waals surface area contributed by atoms with Crippen LogP contribution in [-0.2, 0) is 10.0 Å². The van der Waals surface area contributed by atoms with Gasteiger partial charge in [-0.15, -0.1) is 0 Å². The molecule has 0 aliphatic heterocycles. The third kappa shape index (κ3) is 5.33. The highest BCUT2D eigenvalue weighted by Crippen LogP contribution is 2.24. The van der Waals surface area contributed by atoms with Crippen LogP contribution in [0.4, 0.5) is 5.69 Å². The summed E-state index contributed by atoms with van der Waals surface area (Å²) in [6.07, 6.45) is 0.723. The van der Waals surface area contributed by atoms with E-state index in [2.05, 4.69) is 10.0 Å². The summed E-state index contributed by atoms with van der Waals surface area (Å²) in [6.45, 7) is 7.53. The molecule has 0 saturated heterocycles. The largest absolute Gasteiger partial charge is 0.345 e. The lowest BCUT2D eigenvalue weighted by Gasteiger charge is -2.18. The van der Waals surface area contributed by atoms with Crippen molar-refractivity contribution in [3.63, 3.8) is 0 Å². The zero-order valence-corrected chi connectivity index (χ0v) is 19.1. The molecule has 6 heteroatoms. The Hall–Kier alpha value is -3.12. The molecule has 0 heterocycles. The van der Waals surface area contributed by atoms with E-state index in [1.165, 1.54) is 6.07 Å². The van der Waals surface area contributed by atoms with Gasteiger partial charge in [0.1, 0.15) is 0 Å². The molecule has 0 aromatic heterocycles. The summed E-state index contributed by atoms with van der Waals surface area (Å²) in [5.41, 5.74) is 4.30. The van der Waals surface area contributed by atoms with Gasteiger partial charge in [-0.3, -0.25) is 9.52 Å². The molecule has 0 aliphatic carbocycles. The summed E-state index contributed by atoms with van der Waals surface area (Å²) in [6, 6.07) is 19.8. The number of sulfonamides is 1. The number of nitrogens with one attached hydrogen (secondary N) is 2. The van der Waals surface area contributed by atoms with Crippen LogP contribution >= 0.6 is 0 Å². The number of hydrogen-bond donors (Lipinski definition) is 2. The molecular weight excluding hydrogens is 408 g/mol. The highest BCUT2D eigenvalue weighted by molar-refractivity contribution is 7.92. The van der Waals surface area contributed by atoms with Crippen LogP contribution in [0.3, 0.4) is 0 Å². The van der Waals surface area contributed by atoms with Crippen LogP contribution in [0.15, 0.2) is 71.6 Å². The zero-order valence-electron chi connectivity index (χ0n) is 18.3. The van der Waals surface area contributed by atoms with Gasteiger partial charge >= 0.3 is 0 Å². The fraction of sp³-hybridized carbons (Fsp3) is 0.240. The van der Waals surface area contributed by atoms with Crippen LogP contribution in [0.25, 0.3) is 0 Å². The quantitative estimate of drug-likeness (QED) is 0.528. The minimum absolute atomic E-state index is 0.0906. The molecule has 0 radical (unpaired) electrons. The Morgan fingerprint density at radius 2 is 1.61 bits per heavy atom. The van der Waals surface area contributed by atoms with Crippen molar-refractivity contribution in [2.24, 2.45) is 0 Å². The molecule has 0 spiro atoms. The molecule has 1 amide bonds. The van der Waals surface area contributed by atoms with Crippen molar-refractivity contribution in [3.05, 3.63) is 94.5 Å². The van der Waals surface area contributed by atoms with Crippen LogP contribution in [0.2, 0.25) is 0 Å². The maximum atomic E-state index is 13.1. The van der Waals surface area contributed by atoms with E-state index in [1.807, 2.05) is 63.2 Å². The standard InChI is InChI=1S/C25H28N2O3S/c1-5-22(20-9-7-6-8-10-20)26-25(28)21-13-12-18(3)24(16-21)31(29,30)27-23-14-11-17(2)15-19(23)4/h6-16,22,27H,5H2,1-4H3,(H,26,28). The Morgan fingerprint density at radius 3 is 2.26 bits per heavy atom. The van der Waals surface area contributed by atoms with Gasteiger partial charge in [-0.05, 0) is 62.1 Å². The van der Waals surface area contributed by atoms with Crippen LogP contribution in [0, 0.1) is 20.8 Å². The monoisotopic (exact) mass is 436 g/mol. The Bertz CT molecular complexity index is 1190. The summed E-state index contributed by atoms with van der Waals surface area (Å²) in [7, 11) is -3.85. The van der Waals surface area contributed by atoms with Gasteiger partial charge in [0.2, 0.25) is 0 Å². The number of aryl methyl sites for hydroxylation is 3. The summed E-state index contributed by atoms with van der Waals surface area (Å²) >= 11 is 0. The zero-order chi connectivity index (χ0) is 22.6. The summed E-state index contributed by atoms with van der Waals surface area (Å²) < 4.78 is 28.8. The normalized spacial score (nSPS) is 12.3. The smallest absolute Gasteiger partial charge is 0.262 e. The number of benzene rings is 3. The number of hydrogen-bond acceptors (Lipinski definition) is 3. The molecule has 0 fully saturated rings. The van der Waals surface area contributed by atoms with Crippen molar-refractivity contribution in [1.29, 1.82) is 0 Å². The Balaban J connectivity index is 1.87. The number of anilines is 1. The third-order valence-corrected chi connectivity index (χ3v) is 6.79. The first kappa shape index (κ1) is 22.6. The second-order valence-corrected chi connectivity index (χ2v) is 9.40. The molecule has 31 heavy (non-hydrogen) atoms. The minimum atomic E-state index is -3.85. The van der Waals surface area contributed by atoms with Crippen molar-refractivity contribution < 1.29 is 13.2 Å². The summed E-state index contributed by atoms with van der Waals surface area (Å²) in [5, 5.41) is 3.01. The molecule has 162 valence electrons. The Morgan fingerprint density at radius 1 is 0.903 bits per heavy atom. The van der Waals surface area contributed by atoms with Crippen LogP contribution < -0.4 is 10.0 Å². The van der Waals surface area contributed by atoms with Crippen molar-refractivity contribution in [2.75, 3.05) is 4.72 Å². The van der Waals surface area contributed by atoms with E-state index < -0.39 is 10.0 Å². The fourth-order valence-electron chi connectivity index (χ4n) is 3.51. The lowest BCUT2D eigenvalue weighted by molar-refractivity contribution is 0.0935. The third-order valence-electron chi connectivity index (χ3n) is 5.28. The highest BCUT2D eigenvalue weighted by Gasteiger charge is 2.21. The van der Waals surface area contributed by atoms with Crippen molar-refractivity contribution >= 4 is 21.6 Å². The molecule has 3 aromatic rings. The maximum absolute atomic E-state index is 13.1. The van der Waals surface area contributed by atoms with Crippen molar-refractivity contribution in [3.8, 4) is 0 Å². The Kier molecular flexibility index (Phi) is 6.81. The predicted octanol–water partition coefficient (Wildman–Crippen LogP) is 5.29. The van der Waals surface area contributed by atoms with Gasteiger partial charge in [-0.1, -0.05) is 61.0 Å². The molecular formula is C25H28N2O3S. The number of carbonyl (C=O) groups is 1. The van der Waals surface area contributed by atoms with E-state index in [-0.39, 0.29) is 16.8 Å². The molecule has 2 N–H and O–H groups in total. The van der Waals surface area contributed by atoms with Crippen molar-refractivity contribution in [2.45, 2.75) is 45.1 Å². The number of rotatable bonds is 7. The SMILES string of the molecule is CCC(NC(=O)c1ccc(C)c(S(=O)(=O)Nc2ccc(C)cc2C)c1)c1ccccc1. The topological polar surface area (TPSA) is 75.3 Å². The molecule has 0 saturated carbocycles. The summed E-state index contributed by atoms with van der Waals surface area (Å²) in [5.74, 6) is -0.307. The van der Waals surface area contributed by atoms with Gasteiger partial charge in [-0.25, -0.2) is 8.42 Å². The molecule has 3 aromatic carbocycles. The first-order valence-corrected chi connectivity index (χ1v) is 11.8. The second kappa shape index (κ2) is 9.35. The highest BCUT2D eigenvalue weighted by atomic mass is 32.2. The predicted molar refractivity (Wildman–Crippen MR) is 125 cm³/mol. The van der Waals surface area contributed by atoms with E-state index in [4.69, 9.17) is 0 Å². The minimum Gasteiger partial charge on any atom is -0.345 e. The van der Waals surface area contributed by atoms with Gasteiger partial charge in [-0.2, -0.15) is 0 Å². The van der Waals surface area contributed by atoms with Gasteiger partial charge in [0.15, 0.2) is 0 Å². The average molecular weight is 437 g/mol. The number of carbonyl (C=O) groups excluding carboxylic acids is 1. The van der Waals surface area contributed by atoms with Gasteiger partial charge in [0.25, 0.3) is 15.9 Å². The second-order valence-electron chi connectivity index (χ2n) is 7.75. The van der Waals surface area contributed by atoms with E-state index in [0.717, 1.165) is 23.1 Å². The first-order valence-electron chi connectivity index (χ1n) is 10.3. The van der Waals surface area contributed by atoms with E-state index >= 15 is 0 Å². The Labute approximate surface area is 184 Å². The lowest BCUT2D eigenvalue weighted by Crippen LogP contribution is -2.28. The fourth-order valence-corrected chi connectivity index (χ4v) is 4.91. The van der Waals surface area contributed by atoms with Gasteiger partial charge in [0, 0.05) is 5.56 Å². The van der Waals surface area contributed by atoms with Gasteiger partial charge in [0.05, 0.1) is 16.6 Å². The number of amides is 1. The molecule has 5 nitrogen and oxygen atoms in total. The van der Waals surface area contributed by atoms with Crippen LogP contribution in [0.5, 0.6) is 0 Å². The lowest BCUT2D eigenvalue weighted by atomic mass is 10.0. The van der Waals surface area contributed by atoms with Crippen molar-refractivity contribution in [1.82, 2.24) is 5.32 Å². The van der Waals surface area contributed by atoms with E-state index in [9.17, 15) is 13.2 Å². The molecule has 0 aliphatic rings. The van der Waals surface area contributed by atoms with E-state index in [0.29, 0.717) is 16.8 Å². The van der Waals surface area contributed by atoms with Crippen LogP contribution in [0.1, 0.15) is 52.0 Å². The molecule has 3 rings (SSSR count). The van der Waals surface area contributed by atoms with E-state index in [1.54, 1.807) is 25.1 Å². The molecule has 1 atom stereocenters. The van der Waals surface area contributed by atoms with Crippen LogP contribution in [-0.4, -0.2) is 14.3 Å². The van der Waals surface area contributed by atoms with Gasteiger partial charge < -0.3 is 5.32 Å². The summed E-state index contributed by atoms with van der Waals surface area (Å²) in [4.78, 5) is 13.0. The average Bonchev–Trinajstić information content (AvgIpc) is 2.74. The first-order chi connectivity index (χ1) is 14.7.